The highest BCUT2D eigenvalue weighted by molar-refractivity contribution is 9.10. The molecule has 2 aromatic rings. The fourth-order valence-corrected chi connectivity index (χ4v) is 3.68. The van der Waals surface area contributed by atoms with Gasteiger partial charge in [-0.3, -0.25) is 45.3 Å². The van der Waals surface area contributed by atoms with E-state index in [2.05, 4.69) is 32.2 Å². The molecule has 1 saturated heterocycles. The van der Waals surface area contributed by atoms with Crippen LogP contribution in [0.4, 0.5) is 0 Å². The number of nitrogens with zero attached hydrogens (tertiary/aromatic N) is 1. The van der Waals surface area contributed by atoms with Crippen molar-refractivity contribution < 1.29 is 28.7 Å². The van der Waals surface area contributed by atoms with Crippen molar-refractivity contribution in [3.05, 3.63) is 68.1 Å². The summed E-state index contributed by atoms with van der Waals surface area (Å²) < 4.78 is 5.71. The Labute approximate surface area is 212 Å². The fourth-order valence-electron chi connectivity index (χ4n) is 2.92. The second kappa shape index (κ2) is 11.3. The first-order valence-electron chi connectivity index (χ1n) is 9.72. The van der Waals surface area contributed by atoms with Crippen molar-refractivity contribution in [3.63, 3.8) is 0 Å². The second-order valence-corrected chi connectivity index (χ2v) is 8.85. The van der Waals surface area contributed by atoms with Crippen LogP contribution in [-0.4, -0.2) is 47.8 Å². The van der Waals surface area contributed by atoms with Gasteiger partial charge in [0.1, 0.15) is 0 Å². The summed E-state index contributed by atoms with van der Waals surface area (Å²) in [6, 6.07) is 10.7. The molecule has 3 N–H and O–H groups in total. The van der Waals surface area contributed by atoms with Crippen LogP contribution in [0.5, 0.6) is 0 Å². The van der Waals surface area contributed by atoms with Crippen molar-refractivity contribution in [2.75, 3.05) is 13.2 Å². The molecular formula is C21H17BrCl2N4O6. The van der Waals surface area contributed by atoms with Gasteiger partial charge in [-0.1, -0.05) is 39.1 Å². The van der Waals surface area contributed by atoms with Crippen molar-refractivity contribution in [2.24, 2.45) is 5.92 Å². The van der Waals surface area contributed by atoms with E-state index in [0.29, 0.717) is 10.6 Å². The number of amides is 4. The first-order valence-corrected chi connectivity index (χ1v) is 11.3. The lowest BCUT2D eigenvalue weighted by atomic mass is 10.1. The maximum atomic E-state index is 12.4. The second-order valence-electron chi connectivity index (χ2n) is 7.09. The molecule has 0 bridgehead atoms. The summed E-state index contributed by atoms with van der Waals surface area (Å²) in [6.45, 7) is -0.812. The van der Waals surface area contributed by atoms with Gasteiger partial charge in [0.05, 0.1) is 23.0 Å². The third kappa shape index (κ3) is 6.69. The van der Waals surface area contributed by atoms with E-state index in [-0.39, 0.29) is 23.6 Å². The number of nitrogens with one attached hydrogen (secondary N) is 3. The van der Waals surface area contributed by atoms with Crippen LogP contribution in [-0.2, 0) is 19.1 Å². The lowest BCUT2D eigenvalue weighted by Crippen LogP contribution is -2.44. The summed E-state index contributed by atoms with van der Waals surface area (Å²) in [5, 5.41) is 1.43. The van der Waals surface area contributed by atoms with Crippen LogP contribution in [0, 0.1) is 5.92 Å². The highest BCUT2D eigenvalue weighted by Crippen LogP contribution is 2.22. The Morgan fingerprint density at radius 3 is 2.41 bits per heavy atom. The molecular weight excluding hydrogens is 555 g/mol. The van der Waals surface area contributed by atoms with E-state index in [1.807, 2.05) is 0 Å². The predicted octanol–water partition coefficient (Wildman–Crippen LogP) is 2.25. The van der Waals surface area contributed by atoms with E-state index in [9.17, 15) is 24.0 Å². The molecule has 0 radical (unpaired) electrons. The molecule has 0 saturated carbocycles. The molecule has 13 heteroatoms. The highest BCUT2D eigenvalue weighted by atomic mass is 79.9. The number of hydrazine groups is 2. The van der Waals surface area contributed by atoms with E-state index in [4.69, 9.17) is 27.9 Å². The van der Waals surface area contributed by atoms with Crippen molar-refractivity contribution in [3.8, 4) is 0 Å². The first kappa shape index (κ1) is 25.5. The average molecular weight is 572 g/mol. The number of esters is 1. The topological polar surface area (TPSA) is 134 Å². The summed E-state index contributed by atoms with van der Waals surface area (Å²) in [4.78, 5) is 60.7. The summed E-state index contributed by atoms with van der Waals surface area (Å²) in [6.07, 6.45) is -0.213. The van der Waals surface area contributed by atoms with E-state index >= 15 is 0 Å². The molecule has 1 heterocycles. The number of carbonyl (C=O) groups excluding carboxylic acids is 5. The average Bonchev–Trinajstić information content (AvgIpc) is 3.16. The van der Waals surface area contributed by atoms with Crippen molar-refractivity contribution in [1.82, 2.24) is 21.3 Å². The molecule has 0 spiro atoms. The number of hydrogen-bond donors (Lipinski definition) is 3. The van der Waals surface area contributed by atoms with Crippen molar-refractivity contribution in [2.45, 2.75) is 6.42 Å². The molecule has 2 aromatic carbocycles. The molecule has 4 amide bonds. The molecule has 0 aromatic heterocycles. The standard InChI is InChI=1S/C21H17BrCl2N4O6/c22-13-3-1-11(2-4-13)19(31)26-25-17(29)10-34-21(33)12-7-18(30)28(9-12)27-20(32)15-6-5-14(23)8-16(15)24/h1-6,8,12H,7,9-10H2,(H,25,29)(H,26,31)(H,27,32)/t12-/m1/s1. The normalized spacial score (nSPS) is 15.0. The van der Waals surface area contributed by atoms with Crippen LogP contribution < -0.4 is 16.3 Å². The summed E-state index contributed by atoms with van der Waals surface area (Å²) >= 11 is 15.0. The van der Waals surface area contributed by atoms with Crippen LogP contribution in [0.25, 0.3) is 0 Å². The van der Waals surface area contributed by atoms with Crippen LogP contribution in [0.3, 0.4) is 0 Å². The molecule has 10 nitrogen and oxygen atoms in total. The predicted molar refractivity (Wildman–Crippen MR) is 124 cm³/mol. The van der Waals surface area contributed by atoms with Gasteiger partial charge in [0.2, 0.25) is 5.91 Å². The SMILES string of the molecule is O=C(COC(=O)[C@@H]1CC(=O)N(NC(=O)c2ccc(Cl)cc2Cl)C1)NNC(=O)c1ccc(Br)cc1. The fraction of sp³-hybridized carbons (Fsp3) is 0.190. The minimum absolute atomic E-state index is 0.103. The van der Waals surface area contributed by atoms with Crippen LogP contribution >= 0.6 is 39.1 Å². The molecule has 178 valence electrons. The number of halogens is 3. The minimum atomic E-state index is -0.890. The zero-order valence-electron chi connectivity index (χ0n) is 17.3. The zero-order valence-corrected chi connectivity index (χ0v) is 20.4. The van der Waals surface area contributed by atoms with Crippen LogP contribution in [0.15, 0.2) is 46.9 Å². The van der Waals surface area contributed by atoms with Crippen LogP contribution in [0.1, 0.15) is 27.1 Å². The highest BCUT2D eigenvalue weighted by Gasteiger charge is 2.37. The molecule has 1 atom stereocenters. The molecule has 3 rings (SSSR count). The smallest absolute Gasteiger partial charge is 0.311 e. The van der Waals surface area contributed by atoms with Gasteiger partial charge in [-0.2, -0.15) is 0 Å². The number of benzene rings is 2. The quantitative estimate of drug-likeness (QED) is 0.360. The number of hydrogen-bond acceptors (Lipinski definition) is 6. The Bertz CT molecular complexity index is 1140. The Morgan fingerprint density at radius 1 is 1.03 bits per heavy atom. The van der Waals surface area contributed by atoms with Gasteiger partial charge < -0.3 is 4.74 Å². The largest absolute Gasteiger partial charge is 0.455 e. The molecule has 1 fully saturated rings. The number of carbonyl (C=O) groups is 5. The van der Waals surface area contributed by atoms with Crippen molar-refractivity contribution >= 4 is 68.7 Å². The van der Waals surface area contributed by atoms with Gasteiger partial charge in [0.15, 0.2) is 6.61 Å². The van der Waals surface area contributed by atoms with Gasteiger partial charge in [-0.15, -0.1) is 0 Å². The monoisotopic (exact) mass is 570 g/mol. The summed E-state index contributed by atoms with van der Waals surface area (Å²) in [7, 11) is 0. The lowest BCUT2D eigenvalue weighted by molar-refractivity contribution is -0.152. The van der Waals surface area contributed by atoms with Gasteiger partial charge in [-0.05, 0) is 42.5 Å². The zero-order chi connectivity index (χ0) is 24.8. The van der Waals surface area contributed by atoms with Gasteiger partial charge in [-0.25, -0.2) is 0 Å². The molecule has 1 aliphatic heterocycles. The first-order chi connectivity index (χ1) is 16.1. The lowest BCUT2D eigenvalue weighted by Gasteiger charge is -2.18. The van der Waals surface area contributed by atoms with Crippen LogP contribution in [0.2, 0.25) is 10.0 Å². The minimum Gasteiger partial charge on any atom is -0.455 e. The van der Waals surface area contributed by atoms with Gasteiger partial charge in [0.25, 0.3) is 17.7 Å². The van der Waals surface area contributed by atoms with Gasteiger partial charge in [0, 0.05) is 21.5 Å². The molecule has 1 aliphatic rings. The van der Waals surface area contributed by atoms with E-state index in [1.165, 1.54) is 18.2 Å². The molecule has 34 heavy (non-hydrogen) atoms. The Kier molecular flexibility index (Phi) is 8.48. The van der Waals surface area contributed by atoms with E-state index in [1.54, 1.807) is 24.3 Å². The maximum Gasteiger partial charge on any atom is 0.311 e. The molecule has 0 aliphatic carbocycles. The summed E-state index contributed by atoms with van der Waals surface area (Å²) in [5.74, 6) is -4.18. The third-order valence-electron chi connectivity index (χ3n) is 4.64. The van der Waals surface area contributed by atoms with Gasteiger partial charge >= 0.3 is 5.97 Å². The number of rotatable bonds is 6. The maximum absolute atomic E-state index is 12.4. The Hall–Kier alpha value is -3.15. The van der Waals surface area contributed by atoms with Crippen molar-refractivity contribution in [1.29, 1.82) is 0 Å². The molecule has 0 unspecified atom stereocenters. The third-order valence-corrected chi connectivity index (χ3v) is 5.71. The van der Waals surface area contributed by atoms with E-state index < -0.39 is 42.1 Å². The Balaban J connectivity index is 1.44. The Morgan fingerprint density at radius 2 is 1.74 bits per heavy atom. The summed E-state index contributed by atoms with van der Waals surface area (Å²) in [5.41, 5.74) is 7.13. The van der Waals surface area contributed by atoms with E-state index in [0.717, 1.165) is 9.48 Å². The number of ether oxygens (including phenoxy) is 1.